The minimum Gasteiger partial charge on any atom is -0.349 e. The van der Waals surface area contributed by atoms with Crippen molar-refractivity contribution in [1.29, 1.82) is 0 Å². The van der Waals surface area contributed by atoms with Gasteiger partial charge in [0.15, 0.2) is 0 Å². The fourth-order valence-corrected chi connectivity index (χ4v) is 3.15. The van der Waals surface area contributed by atoms with Gasteiger partial charge in [0.2, 0.25) is 5.91 Å². The van der Waals surface area contributed by atoms with Crippen molar-refractivity contribution in [3.63, 3.8) is 0 Å². The van der Waals surface area contributed by atoms with Gasteiger partial charge in [-0.05, 0) is 43.9 Å². The molecule has 5 nitrogen and oxygen atoms in total. The molecule has 22 heavy (non-hydrogen) atoms. The third kappa shape index (κ3) is 5.04. The highest BCUT2D eigenvalue weighted by molar-refractivity contribution is 5.76. The Morgan fingerprint density at radius 1 is 1.14 bits per heavy atom. The van der Waals surface area contributed by atoms with Crippen molar-refractivity contribution in [1.82, 2.24) is 15.1 Å². The third-order valence-electron chi connectivity index (χ3n) is 4.78. The lowest BCUT2D eigenvalue weighted by Crippen LogP contribution is -2.46. The zero-order valence-electron chi connectivity index (χ0n) is 13.9. The van der Waals surface area contributed by atoms with Crippen molar-refractivity contribution >= 4 is 11.9 Å². The van der Waals surface area contributed by atoms with Crippen LogP contribution in [-0.4, -0.2) is 55.5 Å². The number of amides is 3. The summed E-state index contributed by atoms with van der Waals surface area (Å²) >= 11 is 0. The number of allylic oxidation sites excluding steroid dienone is 2. The summed E-state index contributed by atoms with van der Waals surface area (Å²) in [7, 11) is 3.59. The number of rotatable bonds is 4. The summed E-state index contributed by atoms with van der Waals surface area (Å²) in [4.78, 5) is 27.5. The van der Waals surface area contributed by atoms with Gasteiger partial charge in [0.1, 0.15) is 0 Å². The maximum absolute atomic E-state index is 12.2. The summed E-state index contributed by atoms with van der Waals surface area (Å²) in [5.41, 5.74) is 0. The number of carbonyl (C=O) groups excluding carboxylic acids is 2. The fraction of sp³-hybridized carbons (Fsp3) is 0.765. The van der Waals surface area contributed by atoms with Crippen molar-refractivity contribution < 1.29 is 9.59 Å². The minimum atomic E-state index is 0.0620. The summed E-state index contributed by atoms with van der Waals surface area (Å²) < 4.78 is 0. The van der Waals surface area contributed by atoms with E-state index in [1.54, 1.807) is 19.0 Å². The molecule has 1 N–H and O–H groups in total. The number of likely N-dealkylation sites (tertiary alicyclic amines) is 1. The molecular formula is C17H29N3O2. The second-order valence-corrected chi connectivity index (χ2v) is 6.76. The quantitative estimate of drug-likeness (QED) is 0.810. The van der Waals surface area contributed by atoms with Gasteiger partial charge >= 0.3 is 6.03 Å². The number of piperidine rings is 1. The molecule has 0 aromatic heterocycles. The van der Waals surface area contributed by atoms with Gasteiger partial charge in [-0.15, -0.1) is 0 Å². The highest BCUT2D eigenvalue weighted by Crippen LogP contribution is 2.21. The van der Waals surface area contributed by atoms with Crippen molar-refractivity contribution in [2.75, 3.05) is 33.7 Å². The number of hydrogen-bond acceptors (Lipinski definition) is 2. The first-order valence-corrected chi connectivity index (χ1v) is 8.44. The van der Waals surface area contributed by atoms with E-state index in [1.165, 1.54) is 6.42 Å². The molecule has 1 fully saturated rings. The van der Waals surface area contributed by atoms with E-state index in [0.29, 0.717) is 18.3 Å². The monoisotopic (exact) mass is 307 g/mol. The second kappa shape index (κ2) is 8.20. The molecule has 0 aromatic carbocycles. The topological polar surface area (TPSA) is 52.7 Å². The molecule has 0 bridgehead atoms. The van der Waals surface area contributed by atoms with Crippen molar-refractivity contribution in [3.8, 4) is 0 Å². The Kier molecular flexibility index (Phi) is 6.28. The molecule has 1 saturated heterocycles. The van der Waals surface area contributed by atoms with Crippen LogP contribution < -0.4 is 5.32 Å². The fourth-order valence-electron chi connectivity index (χ4n) is 3.15. The van der Waals surface area contributed by atoms with Crippen LogP contribution in [0.25, 0.3) is 0 Å². The first-order valence-electron chi connectivity index (χ1n) is 8.44. The molecule has 3 amide bonds. The molecule has 1 atom stereocenters. The van der Waals surface area contributed by atoms with E-state index >= 15 is 0 Å². The smallest absolute Gasteiger partial charge is 0.317 e. The minimum absolute atomic E-state index is 0.0620. The highest BCUT2D eigenvalue weighted by Gasteiger charge is 2.25. The van der Waals surface area contributed by atoms with Crippen LogP contribution >= 0.6 is 0 Å². The van der Waals surface area contributed by atoms with Gasteiger partial charge in [0.25, 0.3) is 0 Å². The SMILES string of the molecule is CN(C)C(=O)CC1CCN(C(=O)NC[C@H]2CC=CCC2)CC1. The highest BCUT2D eigenvalue weighted by atomic mass is 16.2. The van der Waals surface area contributed by atoms with E-state index in [2.05, 4.69) is 17.5 Å². The Hall–Kier alpha value is -1.52. The lowest BCUT2D eigenvalue weighted by Gasteiger charge is -2.32. The molecule has 0 spiro atoms. The summed E-state index contributed by atoms with van der Waals surface area (Å²) in [6.07, 6.45) is 10.3. The van der Waals surface area contributed by atoms with E-state index in [0.717, 1.165) is 45.3 Å². The average molecular weight is 307 g/mol. The Bertz CT molecular complexity index is 412. The molecule has 1 aliphatic heterocycles. The molecule has 1 heterocycles. The Morgan fingerprint density at radius 3 is 2.45 bits per heavy atom. The van der Waals surface area contributed by atoms with Crippen LogP contribution in [-0.2, 0) is 4.79 Å². The zero-order chi connectivity index (χ0) is 15.9. The number of hydrogen-bond donors (Lipinski definition) is 1. The Morgan fingerprint density at radius 2 is 1.86 bits per heavy atom. The van der Waals surface area contributed by atoms with E-state index in [4.69, 9.17) is 0 Å². The normalized spacial score (nSPS) is 22.5. The Labute approximate surface area is 133 Å². The first kappa shape index (κ1) is 16.8. The zero-order valence-corrected chi connectivity index (χ0v) is 13.9. The van der Waals surface area contributed by atoms with Crippen molar-refractivity contribution in [2.45, 2.75) is 38.5 Å². The van der Waals surface area contributed by atoms with Crippen LogP contribution in [0.4, 0.5) is 4.79 Å². The van der Waals surface area contributed by atoms with Gasteiger partial charge in [0, 0.05) is 40.2 Å². The van der Waals surface area contributed by atoms with Crippen LogP contribution in [0.3, 0.4) is 0 Å². The molecule has 2 rings (SSSR count). The predicted octanol–water partition coefficient (Wildman–Crippen LogP) is 2.24. The van der Waals surface area contributed by atoms with Crippen LogP contribution in [0.15, 0.2) is 12.2 Å². The molecule has 0 aromatic rings. The molecular weight excluding hydrogens is 278 g/mol. The first-order chi connectivity index (χ1) is 10.6. The van der Waals surface area contributed by atoms with E-state index < -0.39 is 0 Å². The maximum Gasteiger partial charge on any atom is 0.317 e. The summed E-state index contributed by atoms with van der Waals surface area (Å²) in [5.74, 6) is 1.19. The van der Waals surface area contributed by atoms with E-state index in [9.17, 15) is 9.59 Å². The number of urea groups is 1. The molecule has 0 unspecified atom stereocenters. The van der Waals surface area contributed by atoms with Crippen LogP contribution in [0.1, 0.15) is 38.5 Å². The summed E-state index contributed by atoms with van der Waals surface area (Å²) in [6, 6.07) is 0.0620. The summed E-state index contributed by atoms with van der Waals surface area (Å²) in [5, 5.41) is 3.07. The molecule has 124 valence electrons. The van der Waals surface area contributed by atoms with Crippen LogP contribution in [0.2, 0.25) is 0 Å². The largest absolute Gasteiger partial charge is 0.349 e. The third-order valence-corrected chi connectivity index (χ3v) is 4.78. The number of nitrogens with one attached hydrogen (secondary N) is 1. The molecule has 0 radical (unpaired) electrons. The Balaban J connectivity index is 1.66. The standard InChI is InChI=1S/C17H29N3O2/c1-19(2)16(21)12-14-8-10-20(11-9-14)17(22)18-13-15-6-4-3-5-7-15/h3-4,14-15H,5-13H2,1-2H3,(H,18,22)/t15-/m0/s1. The van der Waals surface area contributed by atoms with E-state index in [-0.39, 0.29) is 11.9 Å². The van der Waals surface area contributed by atoms with Gasteiger partial charge in [-0.1, -0.05) is 12.2 Å². The van der Waals surface area contributed by atoms with Gasteiger partial charge < -0.3 is 15.1 Å². The lowest BCUT2D eigenvalue weighted by molar-refractivity contribution is -0.129. The van der Waals surface area contributed by atoms with Gasteiger partial charge in [-0.3, -0.25) is 4.79 Å². The van der Waals surface area contributed by atoms with Crippen molar-refractivity contribution in [2.24, 2.45) is 11.8 Å². The number of carbonyl (C=O) groups is 2. The molecule has 0 saturated carbocycles. The maximum atomic E-state index is 12.2. The van der Waals surface area contributed by atoms with Crippen LogP contribution in [0.5, 0.6) is 0 Å². The molecule has 1 aliphatic carbocycles. The molecule has 5 heteroatoms. The summed E-state index contributed by atoms with van der Waals surface area (Å²) in [6.45, 7) is 2.31. The van der Waals surface area contributed by atoms with Gasteiger partial charge in [0.05, 0.1) is 0 Å². The van der Waals surface area contributed by atoms with Gasteiger partial charge in [-0.25, -0.2) is 4.79 Å². The number of nitrogens with zero attached hydrogens (tertiary/aromatic N) is 2. The van der Waals surface area contributed by atoms with Crippen LogP contribution in [0, 0.1) is 11.8 Å². The van der Waals surface area contributed by atoms with Crippen molar-refractivity contribution in [3.05, 3.63) is 12.2 Å². The lowest BCUT2D eigenvalue weighted by atomic mass is 9.93. The predicted molar refractivity (Wildman–Crippen MR) is 87.5 cm³/mol. The van der Waals surface area contributed by atoms with E-state index in [1.807, 2.05) is 4.90 Å². The second-order valence-electron chi connectivity index (χ2n) is 6.76. The van der Waals surface area contributed by atoms with Gasteiger partial charge in [-0.2, -0.15) is 0 Å². The average Bonchev–Trinajstić information content (AvgIpc) is 2.54. The molecule has 2 aliphatic rings.